The maximum atomic E-state index is 5.77. The zero-order chi connectivity index (χ0) is 11.9. The lowest BCUT2D eigenvalue weighted by Gasteiger charge is -2.26. The molecule has 5 heteroatoms. The molecule has 0 atom stereocenters. The summed E-state index contributed by atoms with van der Waals surface area (Å²) in [5.74, 6) is 0. The Morgan fingerprint density at radius 3 is 2.25 bits per heavy atom. The highest BCUT2D eigenvalue weighted by Gasteiger charge is 2.39. The van der Waals surface area contributed by atoms with E-state index in [0.717, 1.165) is 10.5 Å². The fraction of sp³-hybridized carbons (Fsp3) is 0.455. The minimum atomic E-state index is -2.51. The Hall–Kier alpha value is 0.0469. The maximum Gasteiger partial charge on any atom is 0.505 e. The Bertz CT molecular complexity index is 291. The Morgan fingerprint density at radius 1 is 1.12 bits per heavy atom. The van der Waals surface area contributed by atoms with E-state index >= 15 is 0 Å². The van der Waals surface area contributed by atoms with Gasteiger partial charge in [0, 0.05) is 31.3 Å². The molecule has 1 aromatic carbocycles. The third-order valence-electron chi connectivity index (χ3n) is 2.28. The third-order valence-corrected chi connectivity index (χ3v) is 5.45. The van der Waals surface area contributed by atoms with Crippen LogP contribution in [0, 0.1) is 0 Å². The van der Waals surface area contributed by atoms with E-state index in [0.29, 0.717) is 6.61 Å². The number of hydrogen-bond acceptors (Lipinski definition) is 3. The fourth-order valence-electron chi connectivity index (χ4n) is 1.44. The Balaban J connectivity index is 2.70. The summed E-state index contributed by atoms with van der Waals surface area (Å²) in [4.78, 5) is 0. The average Bonchev–Trinajstić information content (AvgIpc) is 2.36. The Kier molecular flexibility index (Phi) is 6.51. The van der Waals surface area contributed by atoms with E-state index in [4.69, 9.17) is 13.3 Å². The summed E-state index contributed by atoms with van der Waals surface area (Å²) in [6, 6.07) is 10.9. The molecule has 0 saturated carbocycles. The highest BCUT2D eigenvalue weighted by atomic mass is 127. The molecular weight excluding hydrogens is 335 g/mol. The van der Waals surface area contributed by atoms with Gasteiger partial charge in [0.25, 0.3) is 0 Å². The SMILES string of the molecule is CO[Si](Cc1ccccc1)(OC)OCCI. The number of alkyl halides is 1. The van der Waals surface area contributed by atoms with Crippen molar-refractivity contribution in [2.24, 2.45) is 0 Å². The summed E-state index contributed by atoms with van der Waals surface area (Å²) < 4.78 is 17.7. The van der Waals surface area contributed by atoms with Crippen molar-refractivity contribution < 1.29 is 13.3 Å². The first-order valence-corrected chi connectivity index (χ1v) is 8.56. The molecule has 0 unspecified atom stereocenters. The number of hydrogen-bond donors (Lipinski definition) is 0. The number of rotatable bonds is 7. The molecule has 16 heavy (non-hydrogen) atoms. The summed E-state index contributed by atoms with van der Waals surface area (Å²) in [6.45, 7) is 0.668. The van der Waals surface area contributed by atoms with Crippen LogP contribution in [-0.2, 0) is 19.3 Å². The predicted molar refractivity (Wildman–Crippen MR) is 74.8 cm³/mol. The molecule has 0 aromatic heterocycles. The maximum absolute atomic E-state index is 5.77. The molecule has 0 aliphatic rings. The van der Waals surface area contributed by atoms with Crippen LogP contribution in [0.3, 0.4) is 0 Å². The standard InChI is InChI=1S/C11H17IO3Si/c1-13-16(14-2,15-9-8-12)10-11-6-4-3-5-7-11/h3-7H,8-10H2,1-2H3. The molecule has 0 aliphatic heterocycles. The highest BCUT2D eigenvalue weighted by molar-refractivity contribution is 14.1. The molecule has 0 saturated heterocycles. The van der Waals surface area contributed by atoms with E-state index in [1.165, 1.54) is 5.56 Å². The molecule has 0 heterocycles. The van der Waals surface area contributed by atoms with Crippen molar-refractivity contribution in [2.75, 3.05) is 25.3 Å². The van der Waals surface area contributed by atoms with Crippen molar-refractivity contribution in [1.29, 1.82) is 0 Å². The van der Waals surface area contributed by atoms with Gasteiger partial charge in [-0.15, -0.1) is 0 Å². The second-order valence-corrected chi connectivity index (χ2v) is 7.19. The molecule has 3 nitrogen and oxygen atoms in total. The summed E-state index contributed by atoms with van der Waals surface area (Å²) in [6.07, 6.45) is 0. The average molecular weight is 352 g/mol. The van der Waals surface area contributed by atoms with Crippen LogP contribution in [0.15, 0.2) is 30.3 Å². The second-order valence-electron chi connectivity index (χ2n) is 3.29. The van der Waals surface area contributed by atoms with Crippen LogP contribution in [0.25, 0.3) is 0 Å². The van der Waals surface area contributed by atoms with Crippen LogP contribution in [0.2, 0.25) is 0 Å². The first kappa shape index (κ1) is 14.1. The van der Waals surface area contributed by atoms with Crippen molar-refractivity contribution in [3.05, 3.63) is 35.9 Å². The summed E-state index contributed by atoms with van der Waals surface area (Å²) in [7, 11) is 0.807. The highest BCUT2D eigenvalue weighted by Crippen LogP contribution is 2.15. The van der Waals surface area contributed by atoms with E-state index in [9.17, 15) is 0 Å². The third kappa shape index (κ3) is 4.14. The van der Waals surface area contributed by atoms with Gasteiger partial charge < -0.3 is 13.3 Å². The Labute approximate surface area is 112 Å². The molecule has 0 radical (unpaired) electrons. The Morgan fingerprint density at radius 2 is 1.75 bits per heavy atom. The van der Waals surface area contributed by atoms with Gasteiger partial charge in [-0.25, -0.2) is 0 Å². The van der Waals surface area contributed by atoms with E-state index < -0.39 is 8.80 Å². The molecule has 0 fully saturated rings. The normalized spacial score (nSPS) is 11.7. The number of benzene rings is 1. The van der Waals surface area contributed by atoms with Crippen LogP contribution >= 0.6 is 22.6 Å². The monoisotopic (exact) mass is 352 g/mol. The summed E-state index contributed by atoms with van der Waals surface area (Å²) >= 11 is 2.28. The van der Waals surface area contributed by atoms with Crippen LogP contribution < -0.4 is 0 Å². The van der Waals surface area contributed by atoms with Crippen molar-refractivity contribution in [1.82, 2.24) is 0 Å². The van der Waals surface area contributed by atoms with Crippen molar-refractivity contribution in [3.63, 3.8) is 0 Å². The van der Waals surface area contributed by atoms with Crippen molar-refractivity contribution >= 4 is 31.4 Å². The first-order valence-electron chi connectivity index (χ1n) is 5.10. The van der Waals surface area contributed by atoms with Crippen molar-refractivity contribution in [3.8, 4) is 0 Å². The van der Waals surface area contributed by atoms with Crippen LogP contribution in [0.1, 0.15) is 5.56 Å². The summed E-state index contributed by atoms with van der Waals surface area (Å²) in [5, 5.41) is 0. The van der Waals surface area contributed by atoms with Crippen LogP contribution in [0.5, 0.6) is 0 Å². The van der Waals surface area contributed by atoms with Gasteiger partial charge in [0.1, 0.15) is 0 Å². The smallest absolute Gasteiger partial charge is 0.377 e. The van der Waals surface area contributed by atoms with Gasteiger partial charge in [-0.2, -0.15) is 0 Å². The lowest BCUT2D eigenvalue weighted by Crippen LogP contribution is -2.47. The topological polar surface area (TPSA) is 27.7 Å². The zero-order valence-electron chi connectivity index (χ0n) is 9.61. The van der Waals surface area contributed by atoms with E-state index in [-0.39, 0.29) is 0 Å². The van der Waals surface area contributed by atoms with E-state index in [2.05, 4.69) is 34.7 Å². The van der Waals surface area contributed by atoms with Crippen LogP contribution in [-0.4, -0.2) is 34.1 Å². The van der Waals surface area contributed by atoms with E-state index in [1.54, 1.807) is 14.2 Å². The van der Waals surface area contributed by atoms with Gasteiger partial charge in [-0.05, 0) is 5.56 Å². The van der Waals surface area contributed by atoms with Gasteiger partial charge in [-0.3, -0.25) is 0 Å². The lowest BCUT2D eigenvalue weighted by atomic mass is 10.2. The zero-order valence-corrected chi connectivity index (χ0v) is 12.8. The molecule has 1 rings (SSSR count). The van der Waals surface area contributed by atoms with Crippen molar-refractivity contribution in [2.45, 2.75) is 6.04 Å². The first-order chi connectivity index (χ1) is 7.76. The molecule has 0 bridgehead atoms. The predicted octanol–water partition coefficient (Wildman–Crippen LogP) is 2.45. The van der Waals surface area contributed by atoms with Gasteiger partial charge in [0.2, 0.25) is 0 Å². The number of halogens is 1. The summed E-state index contributed by atoms with van der Waals surface area (Å²) in [5.41, 5.74) is 1.19. The molecule has 0 aliphatic carbocycles. The molecule has 0 amide bonds. The van der Waals surface area contributed by atoms with Crippen LogP contribution in [0.4, 0.5) is 0 Å². The molecule has 0 spiro atoms. The largest absolute Gasteiger partial charge is 0.505 e. The molecule has 0 N–H and O–H groups in total. The molecule has 90 valence electrons. The second kappa shape index (κ2) is 7.39. The van der Waals surface area contributed by atoms with Gasteiger partial charge in [0.15, 0.2) is 0 Å². The molecule has 1 aromatic rings. The minimum Gasteiger partial charge on any atom is -0.377 e. The van der Waals surface area contributed by atoms with Gasteiger partial charge >= 0.3 is 8.80 Å². The quantitative estimate of drug-likeness (QED) is 0.429. The van der Waals surface area contributed by atoms with Gasteiger partial charge in [-0.1, -0.05) is 52.9 Å². The molecular formula is C11H17IO3Si. The lowest BCUT2D eigenvalue weighted by molar-refractivity contribution is 0.105. The fourth-order valence-corrected chi connectivity index (χ4v) is 4.01. The minimum absolute atomic E-state index is 0.668. The van der Waals surface area contributed by atoms with Gasteiger partial charge in [0.05, 0.1) is 0 Å². The van der Waals surface area contributed by atoms with E-state index in [1.807, 2.05) is 18.2 Å².